The molecule has 1 aromatic heterocycles. The Morgan fingerprint density at radius 1 is 1.12 bits per heavy atom. The molecule has 2 heterocycles. The molecule has 0 amide bonds. The Morgan fingerprint density at radius 2 is 1.76 bits per heavy atom. The number of benzene rings is 1. The van der Waals surface area contributed by atoms with Gasteiger partial charge in [0.2, 0.25) is 0 Å². The van der Waals surface area contributed by atoms with E-state index in [9.17, 15) is 0 Å². The Kier molecular flexibility index (Phi) is 5.89. The average Bonchev–Trinajstić information content (AvgIpc) is 2.84. The van der Waals surface area contributed by atoms with Crippen LogP contribution in [0.25, 0.3) is 0 Å². The molecule has 0 radical (unpaired) electrons. The van der Waals surface area contributed by atoms with Crippen molar-refractivity contribution < 1.29 is 0 Å². The topological polar surface area (TPSA) is 36.7 Å². The molecule has 1 aromatic carbocycles. The monoisotopic (exact) mass is 399 g/mol. The van der Waals surface area contributed by atoms with Crippen molar-refractivity contribution in [2.45, 2.75) is 13.5 Å². The predicted octanol–water partition coefficient (Wildman–Crippen LogP) is 3.78. The van der Waals surface area contributed by atoms with Crippen LogP contribution in [0.15, 0.2) is 23.3 Å². The van der Waals surface area contributed by atoms with Crippen LogP contribution in [-0.4, -0.2) is 59.1 Å². The van der Waals surface area contributed by atoms with E-state index in [-0.39, 0.29) is 0 Å². The molecule has 0 unspecified atom stereocenters. The van der Waals surface area contributed by atoms with Gasteiger partial charge in [-0.05, 0) is 26.1 Å². The molecule has 0 aliphatic carbocycles. The van der Waals surface area contributed by atoms with E-state index in [0.717, 1.165) is 43.0 Å². The fraction of sp³-hybridized carbons (Fsp3) is 0.412. The van der Waals surface area contributed by atoms with Crippen LogP contribution in [0.3, 0.4) is 0 Å². The summed E-state index contributed by atoms with van der Waals surface area (Å²) in [6.45, 7) is 6.17. The van der Waals surface area contributed by atoms with Crippen LogP contribution < -0.4 is 0 Å². The van der Waals surface area contributed by atoms with E-state index in [1.165, 1.54) is 0 Å². The highest BCUT2D eigenvalue weighted by Gasteiger charge is 2.16. The smallest absolute Gasteiger partial charge is 0.136 e. The summed E-state index contributed by atoms with van der Waals surface area (Å²) in [6, 6.07) is 5.43. The number of aryl methyl sites for hydroxylation is 1. The highest BCUT2D eigenvalue weighted by atomic mass is 35.5. The minimum Gasteiger partial charge on any atom is -0.303 e. The minimum atomic E-state index is 0.417. The zero-order valence-corrected chi connectivity index (χ0v) is 16.5. The molecule has 134 valence electrons. The van der Waals surface area contributed by atoms with Crippen molar-refractivity contribution in [3.8, 4) is 0 Å². The van der Waals surface area contributed by atoms with Crippen LogP contribution in [0.5, 0.6) is 0 Å². The van der Waals surface area contributed by atoms with Gasteiger partial charge in [0.15, 0.2) is 0 Å². The Labute approximate surface area is 162 Å². The molecule has 3 rings (SSSR count). The van der Waals surface area contributed by atoms with Crippen LogP contribution in [0.1, 0.15) is 16.8 Å². The molecular weight excluding hydrogens is 381 g/mol. The van der Waals surface area contributed by atoms with Crippen LogP contribution in [0.2, 0.25) is 15.2 Å². The number of rotatable bonds is 4. The Bertz CT molecular complexity index is 759. The number of hydrazone groups is 1. The Hall–Kier alpha value is -1.27. The Morgan fingerprint density at radius 3 is 2.40 bits per heavy atom. The van der Waals surface area contributed by atoms with Crippen molar-refractivity contribution >= 4 is 41.0 Å². The fourth-order valence-electron chi connectivity index (χ4n) is 2.70. The van der Waals surface area contributed by atoms with Crippen LogP contribution in [0, 0.1) is 6.92 Å². The van der Waals surface area contributed by atoms with Crippen molar-refractivity contribution in [3.05, 3.63) is 50.2 Å². The second kappa shape index (κ2) is 7.96. The lowest BCUT2D eigenvalue weighted by Crippen LogP contribution is -2.41. The summed E-state index contributed by atoms with van der Waals surface area (Å²) in [5, 5.41) is 12.9. The lowest BCUT2D eigenvalue weighted by atomic mass is 10.2. The van der Waals surface area contributed by atoms with E-state index >= 15 is 0 Å². The van der Waals surface area contributed by atoms with Crippen molar-refractivity contribution in [1.82, 2.24) is 19.7 Å². The van der Waals surface area contributed by atoms with E-state index in [2.05, 4.69) is 27.2 Å². The van der Waals surface area contributed by atoms with Gasteiger partial charge in [-0.25, -0.2) is 4.68 Å². The maximum Gasteiger partial charge on any atom is 0.136 e. The molecule has 8 heteroatoms. The Balaban J connectivity index is 1.79. The van der Waals surface area contributed by atoms with Gasteiger partial charge in [-0.15, -0.1) is 0 Å². The summed E-state index contributed by atoms with van der Waals surface area (Å²) in [5.41, 5.74) is 2.45. The fourth-order valence-corrected chi connectivity index (χ4v) is 3.50. The van der Waals surface area contributed by atoms with Crippen molar-refractivity contribution in [3.63, 3.8) is 0 Å². The molecule has 0 spiro atoms. The molecule has 1 aliphatic heterocycles. The lowest BCUT2D eigenvalue weighted by Gasteiger charge is -2.30. The first-order valence-corrected chi connectivity index (χ1v) is 9.22. The summed E-state index contributed by atoms with van der Waals surface area (Å²) in [4.78, 5) is 2.29. The number of hydrogen-bond donors (Lipinski definition) is 0. The van der Waals surface area contributed by atoms with Crippen molar-refractivity contribution in [2.75, 3.05) is 33.2 Å². The zero-order chi connectivity index (χ0) is 18.0. The van der Waals surface area contributed by atoms with Crippen LogP contribution >= 0.6 is 34.8 Å². The third-order valence-corrected chi connectivity index (χ3v) is 5.42. The molecular formula is C17H20Cl3N5. The van der Waals surface area contributed by atoms with Gasteiger partial charge in [0.1, 0.15) is 5.15 Å². The molecule has 1 fully saturated rings. The number of nitrogens with zero attached hydrogens (tertiary/aromatic N) is 5. The number of hydrogen-bond acceptors (Lipinski definition) is 4. The molecule has 0 saturated carbocycles. The van der Waals surface area contributed by atoms with Gasteiger partial charge < -0.3 is 4.90 Å². The molecule has 0 bridgehead atoms. The third kappa shape index (κ3) is 4.29. The van der Waals surface area contributed by atoms with Gasteiger partial charge in [0.05, 0.1) is 24.0 Å². The second-order valence-electron chi connectivity index (χ2n) is 6.15. The van der Waals surface area contributed by atoms with Gasteiger partial charge in [-0.3, -0.25) is 5.01 Å². The second-order valence-corrected chi connectivity index (χ2v) is 7.32. The maximum absolute atomic E-state index is 6.52. The largest absolute Gasteiger partial charge is 0.303 e. The first-order chi connectivity index (χ1) is 12.0. The van der Waals surface area contributed by atoms with Gasteiger partial charge in [-0.2, -0.15) is 10.2 Å². The summed E-state index contributed by atoms with van der Waals surface area (Å²) in [6.07, 6.45) is 1.79. The first-order valence-electron chi connectivity index (χ1n) is 8.09. The molecule has 25 heavy (non-hydrogen) atoms. The summed E-state index contributed by atoms with van der Waals surface area (Å²) in [7, 11) is 2.12. The zero-order valence-electron chi connectivity index (χ0n) is 14.2. The highest BCUT2D eigenvalue weighted by Crippen LogP contribution is 2.27. The number of halogens is 3. The van der Waals surface area contributed by atoms with Gasteiger partial charge in [0, 0.05) is 41.8 Å². The first kappa shape index (κ1) is 18.5. The molecule has 1 aliphatic rings. The quantitative estimate of drug-likeness (QED) is 0.733. The van der Waals surface area contributed by atoms with Crippen LogP contribution in [0.4, 0.5) is 0 Å². The molecule has 0 atom stereocenters. The molecule has 5 nitrogen and oxygen atoms in total. The lowest BCUT2D eigenvalue weighted by molar-refractivity contribution is 0.159. The van der Waals surface area contributed by atoms with Gasteiger partial charge in [0.25, 0.3) is 0 Å². The average molecular weight is 401 g/mol. The van der Waals surface area contributed by atoms with Gasteiger partial charge >= 0.3 is 0 Å². The molecule has 0 N–H and O–H groups in total. The normalized spacial score (nSPS) is 16.1. The minimum absolute atomic E-state index is 0.417. The number of likely N-dealkylation sites (N-methyl/N-ethyl adjacent to an activating group) is 1. The van der Waals surface area contributed by atoms with Gasteiger partial charge in [-0.1, -0.05) is 40.9 Å². The van der Waals surface area contributed by atoms with E-state index < -0.39 is 0 Å². The van der Waals surface area contributed by atoms with Crippen molar-refractivity contribution in [2.24, 2.45) is 5.10 Å². The summed E-state index contributed by atoms with van der Waals surface area (Å²) in [5.74, 6) is 0. The van der Waals surface area contributed by atoms with Crippen LogP contribution in [-0.2, 0) is 6.54 Å². The summed E-state index contributed by atoms with van der Waals surface area (Å²) >= 11 is 19.0. The number of piperazine rings is 1. The summed E-state index contributed by atoms with van der Waals surface area (Å²) < 4.78 is 1.70. The van der Waals surface area contributed by atoms with Crippen molar-refractivity contribution in [1.29, 1.82) is 0 Å². The number of aromatic nitrogens is 2. The third-order valence-electron chi connectivity index (χ3n) is 4.31. The highest BCUT2D eigenvalue weighted by molar-refractivity contribution is 6.36. The van der Waals surface area contributed by atoms with E-state index in [4.69, 9.17) is 34.8 Å². The maximum atomic E-state index is 6.52. The van der Waals surface area contributed by atoms with E-state index in [1.54, 1.807) is 10.9 Å². The predicted molar refractivity (Wildman–Crippen MR) is 104 cm³/mol. The molecule has 2 aromatic rings. The SMILES string of the molecule is Cc1nn(Cc2c(Cl)cccc2Cl)c(Cl)c1C=NN1CCN(C)CC1. The standard InChI is InChI=1S/C17H20Cl3N5/c1-12-13(10-21-24-8-6-23(2)7-9-24)17(20)25(22-12)11-14-15(18)4-3-5-16(14)19/h3-5,10H,6-9,11H2,1-2H3. The van der Waals surface area contributed by atoms with E-state index in [0.29, 0.717) is 21.7 Å². The molecule has 1 saturated heterocycles. The van der Waals surface area contributed by atoms with E-state index in [1.807, 2.05) is 25.1 Å².